The van der Waals surface area contributed by atoms with Crippen LogP contribution < -0.4 is 0 Å². The van der Waals surface area contributed by atoms with Crippen LogP contribution >= 0.6 is 0 Å². The highest BCUT2D eigenvalue weighted by Gasteiger charge is 2.20. The summed E-state index contributed by atoms with van der Waals surface area (Å²) in [6, 6.07) is 17.8. The van der Waals surface area contributed by atoms with E-state index in [0.29, 0.717) is 13.2 Å². The third-order valence-electron chi connectivity index (χ3n) is 3.82. The maximum absolute atomic E-state index is 5.46. The van der Waals surface area contributed by atoms with Crippen molar-refractivity contribution in [3.63, 3.8) is 0 Å². The van der Waals surface area contributed by atoms with Crippen molar-refractivity contribution in [2.75, 3.05) is 26.3 Å². The van der Waals surface area contributed by atoms with Gasteiger partial charge in [0, 0.05) is 13.1 Å². The van der Waals surface area contributed by atoms with Gasteiger partial charge in [-0.3, -0.25) is 0 Å². The Morgan fingerprint density at radius 1 is 0.957 bits per heavy atom. The van der Waals surface area contributed by atoms with Crippen LogP contribution in [0.15, 0.2) is 59.6 Å². The van der Waals surface area contributed by atoms with Crippen molar-refractivity contribution < 1.29 is 4.74 Å². The van der Waals surface area contributed by atoms with E-state index in [0.717, 1.165) is 35.8 Å². The molecule has 0 spiro atoms. The van der Waals surface area contributed by atoms with Gasteiger partial charge in [-0.1, -0.05) is 35.5 Å². The molecule has 2 heterocycles. The summed E-state index contributed by atoms with van der Waals surface area (Å²) < 4.78 is 7.28. The summed E-state index contributed by atoms with van der Waals surface area (Å²) in [5, 5.41) is 8.57. The average molecular weight is 307 g/mol. The highest BCUT2D eigenvalue weighted by atomic mass is 16.5. The van der Waals surface area contributed by atoms with Crippen molar-refractivity contribution in [1.82, 2.24) is 19.9 Å². The number of nitrogens with zero attached hydrogens (tertiary/aromatic N) is 5. The van der Waals surface area contributed by atoms with E-state index in [4.69, 9.17) is 9.73 Å². The predicted octanol–water partition coefficient (Wildman–Crippen LogP) is 2.30. The maximum Gasteiger partial charge on any atom is 0.229 e. The number of benzene rings is 2. The fourth-order valence-electron chi connectivity index (χ4n) is 2.65. The van der Waals surface area contributed by atoms with Gasteiger partial charge in [-0.15, -0.1) is 5.10 Å². The summed E-state index contributed by atoms with van der Waals surface area (Å²) in [5.41, 5.74) is 2.71. The third kappa shape index (κ3) is 2.80. The number of ether oxygens (including phenoxy) is 1. The van der Waals surface area contributed by atoms with Crippen molar-refractivity contribution in [2.45, 2.75) is 0 Å². The number of fused-ring (bicyclic) bond motifs is 1. The molecule has 0 N–H and O–H groups in total. The summed E-state index contributed by atoms with van der Waals surface area (Å²) in [5.74, 6) is 0.785. The number of aliphatic imine (C=N–C) groups is 1. The first-order valence-electron chi connectivity index (χ1n) is 7.69. The Morgan fingerprint density at radius 2 is 1.70 bits per heavy atom. The van der Waals surface area contributed by atoms with Gasteiger partial charge in [-0.05, 0) is 24.3 Å². The van der Waals surface area contributed by atoms with Crippen molar-refractivity contribution in [1.29, 1.82) is 0 Å². The number of morpholine rings is 1. The second kappa shape index (κ2) is 6.18. The van der Waals surface area contributed by atoms with E-state index >= 15 is 0 Å². The largest absolute Gasteiger partial charge is 0.378 e. The summed E-state index contributed by atoms with van der Waals surface area (Å²) in [7, 11) is 0. The molecule has 1 saturated heterocycles. The van der Waals surface area contributed by atoms with Gasteiger partial charge in [0.2, 0.25) is 5.96 Å². The Hall–Kier alpha value is -2.73. The maximum atomic E-state index is 5.46. The van der Waals surface area contributed by atoms with Crippen LogP contribution in [0.1, 0.15) is 0 Å². The molecule has 6 heteroatoms. The van der Waals surface area contributed by atoms with E-state index < -0.39 is 0 Å². The second-order valence-electron chi connectivity index (χ2n) is 5.34. The zero-order valence-electron chi connectivity index (χ0n) is 12.7. The Bertz CT molecular complexity index is 821. The Morgan fingerprint density at radius 3 is 2.52 bits per heavy atom. The molecule has 1 aliphatic rings. The number of aromatic nitrogens is 3. The minimum absolute atomic E-state index is 0.695. The fraction of sp³-hybridized carbons (Fsp3) is 0.235. The molecule has 3 aromatic rings. The molecule has 1 aliphatic heterocycles. The standard InChI is InChI=1S/C17H17N5O/c1-2-6-14(7-3-1)18-17(21-10-12-23-13-11-21)22-16-9-5-4-8-15(16)19-20-22/h1-9H,10-13H2. The molecule has 0 amide bonds. The minimum atomic E-state index is 0.695. The molecule has 1 fully saturated rings. The van der Waals surface area contributed by atoms with Crippen molar-refractivity contribution in [3.05, 3.63) is 54.6 Å². The van der Waals surface area contributed by atoms with Crippen LogP contribution in [0.3, 0.4) is 0 Å². The van der Waals surface area contributed by atoms with E-state index in [9.17, 15) is 0 Å². The minimum Gasteiger partial charge on any atom is -0.378 e. The normalized spacial score (nSPS) is 16.0. The topological polar surface area (TPSA) is 55.5 Å². The Kier molecular flexibility index (Phi) is 3.73. The zero-order valence-corrected chi connectivity index (χ0v) is 12.7. The summed E-state index contributed by atoms with van der Waals surface area (Å²) in [4.78, 5) is 7.01. The quantitative estimate of drug-likeness (QED) is 0.511. The first-order valence-corrected chi connectivity index (χ1v) is 7.69. The molecular weight excluding hydrogens is 290 g/mol. The molecule has 0 unspecified atom stereocenters. The third-order valence-corrected chi connectivity index (χ3v) is 3.82. The Balaban J connectivity index is 1.83. The number of para-hydroxylation sites is 2. The van der Waals surface area contributed by atoms with Crippen molar-refractivity contribution >= 4 is 22.7 Å². The first kappa shape index (κ1) is 13.9. The van der Waals surface area contributed by atoms with Crippen LogP contribution in [0.25, 0.3) is 11.0 Å². The van der Waals surface area contributed by atoms with Crippen LogP contribution in [0.4, 0.5) is 5.69 Å². The van der Waals surface area contributed by atoms with Gasteiger partial charge in [-0.25, -0.2) is 4.99 Å². The lowest BCUT2D eigenvalue weighted by molar-refractivity contribution is 0.0665. The van der Waals surface area contributed by atoms with E-state index in [-0.39, 0.29) is 0 Å². The lowest BCUT2D eigenvalue weighted by Crippen LogP contribution is -2.44. The highest BCUT2D eigenvalue weighted by Crippen LogP contribution is 2.16. The molecule has 0 bridgehead atoms. The predicted molar refractivity (Wildman–Crippen MR) is 88.9 cm³/mol. The second-order valence-corrected chi connectivity index (χ2v) is 5.34. The van der Waals surface area contributed by atoms with Crippen LogP contribution in [0, 0.1) is 0 Å². The van der Waals surface area contributed by atoms with Gasteiger partial charge in [0.05, 0.1) is 24.4 Å². The van der Waals surface area contributed by atoms with E-state index in [1.165, 1.54) is 0 Å². The molecule has 23 heavy (non-hydrogen) atoms. The SMILES string of the molecule is c1ccc(N=C(N2CCOCC2)n2nnc3ccccc32)cc1. The summed E-state index contributed by atoms with van der Waals surface area (Å²) >= 11 is 0. The van der Waals surface area contributed by atoms with Crippen LogP contribution in [0.5, 0.6) is 0 Å². The average Bonchev–Trinajstić information content (AvgIpc) is 3.05. The zero-order chi connectivity index (χ0) is 15.5. The molecule has 0 aliphatic carbocycles. The molecule has 1 aromatic heterocycles. The van der Waals surface area contributed by atoms with Gasteiger partial charge >= 0.3 is 0 Å². The molecule has 4 rings (SSSR count). The Labute approximate surface area is 134 Å². The smallest absolute Gasteiger partial charge is 0.229 e. The number of hydrogen-bond acceptors (Lipinski definition) is 4. The molecule has 116 valence electrons. The summed E-state index contributed by atoms with van der Waals surface area (Å²) in [6.07, 6.45) is 0. The van der Waals surface area contributed by atoms with Crippen LogP contribution in [-0.4, -0.2) is 52.2 Å². The van der Waals surface area contributed by atoms with E-state index in [1.807, 2.05) is 59.3 Å². The highest BCUT2D eigenvalue weighted by molar-refractivity contribution is 5.92. The monoisotopic (exact) mass is 307 g/mol. The fourth-order valence-corrected chi connectivity index (χ4v) is 2.65. The van der Waals surface area contributed by atoms with Gasteiger partial charge < -0.3 is 9.64 Å². The van der Waals surface area contributed by atoms with Crippen molar-refractivity contribution in [2.24, 2.45) is 4.99 Å². The van der Waals surface area contributed by atoms with Crippen LogP contribution in [-0.2, 0) is 4.74 Å². The van der Waals surface area contributed by atoms with Crippen LogP contribution in [0.2, 0.25) is 0 Å². The number of rotatable bonds is 1. The molecule has 0 atom stereocenters. The van der Waals surface area contributed by atoms with Gasteiger partial charge in [0.25, 0.3) is 0 Å². The first-order chi connectivity index (χ1) is 11.4. The molecule has 2 aromatic carbocycles. The molecular formula is C17H17N5O. The van der Waals surface area contributed by atoms with Gasteiger partial charge in [0.15, 0.2) is 0 Å². The van der Waals surface area contributed by atoms with E-state index in [2.05, 4.69) is 15.2 Å². The molecule has 0 radical (unpaired) electrons. The van der Waals surface area contributed by atoms with Gasteiger partial charge in [0.1, 0.15) is 5.52 Å². The molecule has 6 nitrogen and oxygen atoms in total. The van der Waals surface area contributed by atoms with Crippen molar-refractivity contribution in [3.8, 4) is 0 Å². The molecule has 0 saturated carbocycles. The number of hydrogen-bond donors (Lipinski definition) is 0. The van der Waals surface area contributed by atoms with E-state index in [1.54, 1.807) is 0 Å². The lowest BCUT2D eigenvalue weighted by Gasteiger charge is -2.29. The van der Waals surface area contributed by atoms with Gasteiger partial charge in [-0.2, -0.15) is 4.68 Å². The summed E-state index contributed by atoms with van der Waals surface area (Å²) in [6.45, 7) is 2.97. The lowest BCUT2D eigenvalue weighted by atomic mass is 10.3.